The number of hydrogen-bond acceptors (Lipinski definition) is 1. The molecule has 1 heterocycles. The molecule has 3 aromatic carbocycles. The Balaban J connectivity index is 1.75. The molecular formula is C24H18ClN. The zero-order chi connectivity index (χ0) is 17.9. The lowest BCUT2D eigenvalue weighted by atomic mass is 9.82. The Hall–Kier alpha value is -2.64. The number of halogens is 1. The topological polar surface area (TPSA) is 12.9 Å². The number of pyridine rings is 1. The summed E-state index contributed by atoms with van der Waals surface area (Å²) in [5.74, 6) is 0. The third-order valence-corrected chi connectivity index (χ3v) is 5.82. The monoisotopic (exact) mass is 355 g/mol. The van der Waals surface area contributed by atoms with Crippen LogP contribution in [0.4, 0.5) is 0 Å². The van der Waals surface area contributed by atoms with Crippen LogP contribution >= 0.6 is 11.6 Å². The van der Waals surface area contributed by atoms with E-state index in [4.69, 9.17) is 11.6 Å². The molecule has 0 N–H and O–H groups in total. The Labute approximate surface area is 158 Å². The van der Waals surface area contributed by atoms with E-state index >= 15 is 0 Å². The van der Waals surface area contributed by atoms with Crippen molar-refractivity contribution in [3.05, 3.63) is 89.1 Å². The van der Waals surface area contributed by atoms with Crippen LogP contribution in [-0.4, -0.2) is 4.98 Å². The number of nitrogens with zero attached hydrogens (tertiary/aromatic N) is 1. The number of hydrogen-bond donors (Lipinski definition) is 0. The van der Waals surface area contributed by atoms with Crippen molar-refractivity contribution >= 4 is 22.4 Å². The van der Waals surface area contributed by atoms with Crippen molar-refractivity contribution in [2.75, 3.05) is 0 Å². The predicted octanol–water partition coefficient (Wildman–Crippen LogP) is 6.86. The van der Waals surface area contributed by atoms with Gasteiger partial charge in [-0.15, -0.1) is 0 Å². The molecule has 1 nitrogen and oxygen atoms in total. The molecule has 126 valence electrons. The van der Waals surface area contributed by atoms with Crippen LogP contribution in [-0.2, 0) is 5.41 Å². The highest BCUT2D eigenvalue weighted by Crippen LogP contribution is 2.49. The van der Waals surface area contributed by atoms with E-state index in [0.29, 0.717) is 0 Å². The average Bonchev–Trinajstić information content (AvgIpc) is 2.88. The van der Waals surface area contributed by atoms with Crippen LogP contribution in [0.15, 0.2) is 72.9 Å². The SMILES string of the molecule is CC1(C)c2ccccc2-c2ccc(-c3nccc4cc(Cl)ccc34)cc21. The van der Waals surface area contributed by atoms with Gasteiger partial charge >= 0.3 is 0 Å². The number of fused-ring (bicyclic) bond motifs is 4. The first-order valence-electron chi connectivity index (χ1n) is 8.85. The van der Waals surface area contributed by atoms with Crippen LogP contribution in [0.2, 0.25) is 5.02 Å². The van der Waals surface area contributed by atoms with Crippen LogP contribution < -0.4 is 0 Å². The van der Waals surface area contributed by atoms with Gasteiger partial charge in [0.1, 0.15) is 0 Å². The number of benzene rings is 3. The second kappa shape index (κ2) is 5.43. The molecule has 0 atom stereocenters. The minimum absolute atomic E-state index is 0.00414. The Morgan fingerprint density at radius 3 is 2.50 bits per heavy atom. The second-order valence-corrected chi connectivity index (χ2v) is 7.89. The first kappa shape index (κ1) is 15.6. The Bertz CT molecular complexity index is 1170. The van der Waals surface area contributed by atoms with Crippen molar-refractivity contribution in [2.45, 2.75) is 19.3 Å². The summed E-state index contributed by atoms with van der Waals surface area (Å²) in [5.41, 5.74) is 7.59. The van der Waals surface area contributed by atoms with Crippen LogP contribution in [0.5, 0.6) is 0 Å². The molecule has 1 aliphatic carbocycles. The van der Waals surface area contributed by atoms with Gasteiger partial charge in [0.05, 0.1) is 5.69 Å². The van der Waals surface area contributed by atoms with Crippen molar-refractivity contribution in [1.29, 1.82) is 0 Å². The smallest absolute Gasteiger partial charge is 0.0780 e. The van der Waals surface area contributed by atoms with Crippen LogP contribution in [0.1, 0.15) is 25.0 Å². The van der Waals surface area contributed by atoms with E-state index in [1.54, 1.807) is 0 Å². The summed E-state index contributed by atoms with van der Waals surface area (Å²) in [6.45, 7) is 4.61. The van der Waals surface area contributed by atoms with Gasteiger partial charge in [-0.3, -0.25) is 4.98 Å². The van der Waals surface area contributed by atoms with E-state index in [0.717, 1.165) is 27.1 Å². The fourth-order valence-electron chi connectivity index (χ4n) is 4.23. The van der Waals surface area contributed by atoms with Crippen molar-refractivity contribution < 1.29 is 0 Å². The highest BCUT2D eigenvalue weighted by molar-refractivity contribution is 6.31. The molecule has 4 aromatic rings. The molecule has 1 aromatic heterocycles. The van der Waals surface area contributed by atoms with Gasteiger partial charge in [0.2, 0.25) is 0 Å². The summed E-state index contributed by atoms with van der Waals surface area (Å²) in [6.07, 6.45) is 1.86. The zero-order valence-corrected chi connectivity index (χ0v) is 15.5. The van der Waals surface area contributed by atoms with Crippen LogP contribution in [0.3, 0.4) is 0 Å². The van der Waals surface area contributed by atoms with E-state index in [1.165, 1.54) is 22.3 Å². The molecule has 0 fully saturated rings. The Kier molecular flexibility index (Phi) is 3.26. The largest absolute Gasteiger partial charge is 0.256 e. The van der Waals surface area contributed by atoms with Crippen molar-refractivity contribution in [2.24, 2.45) is 0 Å². The molecule has 0 bridgehead atoms. The molecule has 26 heavy (non-hydrogen) atoms. The average molecular weight is 356 g/mol. The van der Waals surface area contributed by atoms with E-state index in [1.807, 2.05) is 24.4 Å². The van der Waals surface area contributed by atoms with Gasteiger partial charge in [0, 0.05) is 27.6 Å². The van der Waals surface area contributed by atoms with Gasteiger partial charge in [-0.25, -0.2) is 0 Å². The maximum atomic E-state index is 6.16. The quantitative estimate of drug-likeness (QED) is 0.363. The summed E-state index contributed by atoms with van der Waals surface area (Å²) in [5, 5.41) is 3.00. The van der Waals surface area contributed by atoms with Crippen molar-refractivity contribution in [1.82, 2.24) is 4.98 Å². The standard InChI is InChI=1S/C24H18ClN/c1-24(2)21-6-4-3-5-19(21)20-9-7-16(14-22(20)24)23-18-10-8-17(25)13-15(18)11-12-26-23/h3-14H,1-2H3. The summed E-state index contributed by atoms with van der Waals surface area (Å²) in [4.78, 5) is 4.69. The molecule has 0 saturated carbocycles. The molecular weight excluding hydrogens is 338 g/mol. The van der Waals surface area contributed by atoms with Gasteiger partial charge < -0.3 is 0 Å². The van der Waals surface area contributed by atoms with E-state index in [-0.39, 0.29) is 5.41 Å². The van der Waals surface area contributed by atoms with Crippen LogP contribution in [0, 0.1) is 0 Å². The number of rotatable bonds is 1. The Morgan fingerprint density at radius 2 is 1.62 bits per heavy atom. The minimum atomic E-state index is -0.00414. The zero-order valence-electron chi connectivity index (χ0n) is 14.8. The fraction of sp³-hybridized carbons (Fsp3) is 0.125. The molecule has 0 saturated heterocycles. The minimum Gasteiger partial charge on any atom is -0.256 e. The van der Waals surface area contributed by atoms with Gasteiger partial charge in [-0.1, -0.05) is 67.9 Å². The molecule has 0 radical (unpaired) electrons. The van der Waals surface area contributed by atoms with E-state index < -0.39 is 0 Å². The van der Waals surface area contributed by atoms with Gasteiger partial charge in [-0.2, -0.15) is 0 Å². The summed E-state index contributed by atoms with van der Waals surface area (Å²) >= 11 is 6.16. The number of aromatic nitrogens is 1. The predicted molar refractivity (Wildman–Crippen MR) is 110 cm³/mol. The highest BCUT2D eigenvalue weighted by Gasteiger charge is 2.35. The molecule has 0 unspecified atom stereocenters. The molecule has 2 heteroatoms. The van der Waals surface area contributed by atoms with Gasteiger partial charge in [0.15, 0.2) is 0 Å². The summed E-state index contributed by atoms with van der Waals surface area (Å²) in [7, 11) is 0. The molecule has 0 spiro atoms. The van der Waals surface area contributed by atoms with E-state index in [9.17, 15) is 0 Å². The van der Waals surface area contributed by atoms with Crippen LogP contribution in [0.25, 0.3) is 33.2 Å². The van der Waals surface area contributed by atoms with Gasteiger partial charge in [0.25, 0.3) is 0 Å². The summed E-state index contributed by atoms with van der Waals surface area (Å²) in [6, 6.07) is 23.5. The third kappa shape index (κ3) is 2.14. The second-order valence-electron chi connectivity index (χ2n) is 7.46. The fourth-order valence-corrected chi connectivity index (χ4v) is 4.41. The lowest BCUT2D eigenvalue weighted by Gasteiger charge is -2.22. The summed E-state index contributed by atoms with van der Waals surface area (Å²) < 4.78 is 0. The molecule has 1 aliphatic rings. The third-order valence-electron chi connectivity index (χ3n) is 5.58. The first-order chi connectivity index (χ1) is 12.6. The maximum Gasteiger partial charge on any atom is 0.0780 e. The highest BCUT2D eigenvalue weighted by atomic mass is 35.5. The molecule has 5 rings (SSSR count). The first-order valence-corrected chi connectivity index (χ1v) is 9.22. The van der Waals surface area contributed by atoms with Crippen molar-refractivity contribution in [3.8, 4) is 22.4 Å². The Morgan fingerprint density at radius 1 is 0.808 bits per heavy atom. The van der Waals surface area contributed by atoms with E-state index in [2.05, 4.69) is 67.4 Å². The maximum absolute atomic E-state index is 6.16. The lowest BCUT2D eigenvalue weighted by molar-refractivity contribution is 0.660. The lowest BCUT2D eigenvalue weighted by Crippen LogP contribution is -2.14. The normalized spacial score (nSPS) is 14.3. The van der Waals surface area contributed by atoms with Gasteiger partial charge in [-0.05, 0) is 51.9 Å². The molecule has 0 amide bonds. The van der Waals surface area contributed by atoms with Crippen molar-refractivity contribution in [3.63, 3.8) is 0 Å². The molecule has 0 aliphatic heterocycles.